The molecule has 0 radical (unpaired) electrons. The second-order valence-corrected chi connectivity index (χ2v) is 1.87. The minimum absolute atomic E-state index is 0.361. The van der Waals surface area contributed by atoms with Crippen molar-refractivity contribution in [1.29, 1.82) is 0 Å². The van der Waals surface area contributed by atoms with Crippen molar-refractivity contribution in [2.24, 2.45) is 12.2 Å². The summed E-state index contributed by atoms with van der Waals surface area (Å²) in [5.74, 6) is 0.361. The van der Waals surface area contributed by atoms with Crippen LogP contribution in [0, 0.1) is 0 Å². The number of aromatic nitrogens is 2. The second-order valence-electron chi connectivity index (χ2n) is 1.87. The Morgan fingerprint density at radius 3 is 3.00 bits per heavy atom. The SMILES string of the molecule is Cn1cnc(N)c1/C=N/O. The maximum absolute atomic E-state index is 8.16. The molecule has 5 nitrogen and oxygen atoms in total. The number of imidazole rings is 1. The van der Waals surface area contributed by atoms with Crippen LogP contribution in [0.5, 0.6) is 0 Å². The number of rotatable bonds is 1. The smallest absolute Gasteiger partial charge is 0.150 e. The fourth-order valence-electron chi connectivity index (χ4n) is 0.670. The van der Waals surface area contributed by atoms with E-state index in [2.05, 4.69) is 10.1 Å². The summed E-state index contributed by atoms with van der Waals surface area (Å²) in [4.78, 5) is 3.77. The van der Waals surface area contributed by atoms with Crippen molar-refractivity contribution in [2.45, 2.75) is 0 Å². The highest BCUT2D eigenvalue weighted by molar-refractivity contribution is 5.82. The number of hydrogen-bond acceptors (Lipinski definition) is 4. The van der Waals surface area contributed by atoms with E-state index in [0.717, 1.165) is 0 Å². The van der Waals surface area contributed by atoms with Crippen molar-refractivity contribution in [1.82, 2.24) is 9.55 Å². The fraction of sp³-hybridized carbons (Fsp3) is 0.200. The fourth-order valence-corrected chi connectivity index (χ4v) is 0.670. The highest BCUT2D eigenvalue weighted by Crippen LogP contribution is 2.03. The van der Waals surface area contributed by atoms with Gasteiger partial charge in [-0.3, -0.25) is 0 Å². The maximum atomic E-state index is 8.16. The molecule has 10 heavy (non-hydrogen) atoms. The van der Waals surface area contributed by atoms with E-state index in [1.54, 1.807) is 17.9 Å². The molecule has 0 atom stereocenters. The van der Waals surface area contributed by atoms with Gasteiger partial charge in [-0.2, -0.15) is 0 Å². The zero-order valence-electron chi connectivity index (χ0n) is 5.52. The van der Waals surface area contributed by atoms with Gasteiger partial charge in [0, 0.05) is 7.05 Å². The second kappa shape index (κ2) is 2.38. The Kier molecular flexibility index (Phi) is 1.57. The number of hydrogen-bond donors (Lipinski definition) is 2. The average Bonchev–Trinajstić information content (AvgIpc) is 2.20. The molecular formula is C5H8N4O. The molecule has 5 heteroatoms. The van der Waals surface area contributed by atoms with Gasteiger partial charge in [-0.25, -0.2) is 4.98 Å². The molecule has 0 aliphatic carbocycles. The van der Waals surface area contributed by atoms with Gasteiger partial charge in [-0.1, -0.05) is 5.16 Å². The summed E-state index contributed by atoms with van der Waals surface area (Å²) in [7, 11) is 1.76. The lowest BCUT2D eigenvalue weighted by Crippen LogP contribution is -1.97. The van der Waals surface area contributed by atoms with Crippen molar-refractivity contribution >= 4 is 12.0 Å². The summed E-state index contributed by atoms with van der Waals surface area (Å²) in [6.07, 6.45) is 2.79. The topological polar surface area (TPSA) is 76.4 Å². The van der Waals surface area contributed by atoms with Crippen molar-refractivity contribution in [3.05, 3.63) is 12.0 Å². The molecule has 54 valence electrons. The van der Waals surface area contributed by atoms with Crippen molar-refractivity contribution in [2.75, 3.05) is 5.73 Å². The third kappa shape index (κ3) is 0.928. The number of nitrogen functional groups attached to an aromatic ring is 1. The first-order valence-corrected chi connectivity index (χ1v) is 2.70. The normalized spacial score (nSPS) is 10.9. The number of oxime groups is 1. The molecule has 0 aliphatic rings. The summed E-state index contributed by atoms with van der Waals surface area (Å²) in [5.41, 5.74) is 5.99. The minimum atomic E-state index is 0.361. The predicted molar refractivity (Wildman–Crippen MR) is 37.0 cm³/mol. The largest absolute Gasteiger partial charge is 0.411 e. The minimum Gasteiger partial charge on any atom is -0.411 e. The first kappa shape index (κ1) is 6.60. The molecule has 0 fully saturated rings. The van der Waals surface area contributed by atoms with Gasteiger partial charge in [0.2, 0.25) is 0 Å². The molecule has 1 heterocycles. The Bertz CT molecular complexity index is 233. The molecule has 0 bridgehead atoms. The summed E-state index contributed by atoms with van der Waals surface area (Å²) < 4.78 is 1.66. The van der Waals surface area contributed by atoms with Crippen LogP contribution in [-0.4, -0.2) is 21.0 Å². The molecule has 0 unspecified atom stereocenters. The lowest BCUT2D eigenvalue weighted by molar-refractivity contribution is 0.321. The highest BCUT2D eigenvalue weighted by Gasteiger charge is 2.00. The first-order valence-electron chi connectivity index (χ1n) is 2.70. The summed E-state index contributed by atoms with van der Waals surface area (Å²) in [6, 6.07) is 0. The van der Waals surface area contributed by atoms with Gasteiger partial charge in [0.25, 0.3) is 0 Å². The molecule has 0 saturated carbocycles. The zero-order chi connectivity index (χ0) is 7.56. The zero-order valence-corrected chi connectivity index (χ0v) is 5.52. The summed E-state index contributed by atoms with van der Waals surface area (Å²) in [6.45, 7) is 0. The van der Waals surface area contributed by atoms with Crippen LogP contribution in [0.4, 0.5) is 5.82 Å². The van der Waals surface area contributed by atoms with Crippen LogP contribution in [-0.2, 0) is 7.05 Å². The van der Waals surface area contributed by atoms with E-state index in [1.165, 1.54) is 6.21 Å². The van der Waals surface area contributed by atoms with Gasteiger partial charge in [-0.15, -0.1) is 0 Å². The van der Waals surface area contributed by atoms with Crippen LogP contribution < -0.4 is 5.73 Å². The third-order valence-corrected chi connectivity index (χ3v) is 1.19. The van der Waals surface area contributed by atoms with Crippen molar-refractivity contribution < 1.29 is 5.21 Å². The van der Waals surface area contributed by atoms with Crippen LogP contribution in [0.1, 0.15) is 5.69 Å². The quantitative estimate of drug-likeness (QED) is 0.322. The molecule has 0 aliphatic heterocycles. The standard InChI is InChI=1S/C5H8N4O/c1-9-3-7-5(6)4(9)2-8-10/h2-3,10H,6H2,1H3/b8-2+. The molecule has 0 aromatic carbocycles. The lowest BCUT2D eigenvalue weighted by atomic mass is 10.5. The van der Waals surface area contributed by atoms with E-state index >= 15 is 0 Å². The summed E-state index contributed by atoms with van der Waals surface area (Å²) in [5, 5.41) is 11.0. The third-order valence-electron chi connectivity index (χ3n) is 1.19. The molecule has 1 aromatic heterocycles. The van der Waals surface area contributed by atoms with Gasteiger partial charge in [-0.05, 0) is 0 Å². The molecule has 0 amide bonds. The van der Waals surface area contributed by atoms with E-state index in [4.69, 9.17) is 10.9 Å². The van der Waals surface area contributed by atoms with Crippen LogP contribution in [0.2, 0.25) is 0 Å². The Morgan fingerprint density at radius 2 is 2.60 bits per heavy atom. The maximum Gasteiger partial charge on any atom is 0.150 e. The van der Waals surface area contributed by atoms with E-state index in [1.807, 2.05) is 0 Å². The molecule has 3 N–H and O–H groups in total. The van der Waals surface area contributed by atoms with Crippen molar-refractivity contribution in [3.63, 3.8) is 0 Å². The highest BCUT2D eigenvalue weighted by atomic mass is 16.4. The Hall–Kier alpha value is -1.52. The van der Waals surface area contributed by atoms with E-state index in [-0.39, 0.29) is 0 Å². The van der Waals surface area contributed by atoms with E-state index < -0.39 is 0 Å². The lowest BCUT2D eigenvalue weighted by Gasteiger charge is -1.92. The molecule has 1 aromatic rings. The van der Waals surface area contributed by atoms with Crippen LogP contribution in [0.15, 0.2) is 11.5 Å². The average molecular weight is 140 g/mol. The van der Waals surface area contributed by atoms with Crippen LogP contribution >= 0.6 is 0 Å². The summed E-state index contributed by atoms with van der Waals surface area (Å²) >= 11 is 0. The van der Waals surface area contributed by atoms with Gasteiger partial charge >= 0.3 is 0 Å². The Morgan fingerprint density at radius 1 is 1.90 bits per heavy atom. The van der Waals surface area contributed by atoms with Crippen LogP contribution in [0.3, 0.4) is 0 Å². The first-order chi connectivity index (χ1) is 4.75. The molecule has 0 spiro atoms. The van der Waals surface area contributed by atoms with Gasteiger partial charge in [0.1, 0.15) is 5.69 Å². The van der Waals surface area contributed by atoms with Gasteiger partial charge < -0.3 is 15.5 Å². The number of nitrogens with two attached hydrogens (primary N) is 1. The number of nitrogens with zero attached hydrogens (tertiary/aromatic N) is 3. The predicted octanol–water partition coefficient (Wildman–Crippen LogP) is -0.190. The van der Waals surface area contributed by atoms with Crippen molar-refractivity contribution in [3.8, 4) is 0 Å². The van der Waals surface area contributed by atoms with Crippen LogP contribution in [0.25, 0.3) is 0 Å². The van der Waals surface area contributed by atoms with Gasteiger partial charge in [0.15, 0.2) is 5.82 Å². The molecule has 1 rings (SSSR count). The van der Waals surface area contributed by atoms with E-state index in [9.17, 15) is 0 Å². The number of aryl methyl sites for hydroxylation is 1. The number of anilines is 1. The van der Waals surface area contributed by atoms with Gasteiger partial charge in [0.05, 0.1) is 12.5 Å². The monoisotopic (exact) mass is 140 g/mol. The molecular weight excluding hydrogens is 132 g/mol. The van der Waals surface area contributed by atoms with E-state index in [0.29, 0.717) is 11.5 Å². The molecule has 0 saturated heterocycles. The Balaban J connectivity index is 3.10. The Labute approximate surface area is 57.8 Å².